The van der Waals surface area contributed by atoms with Crippen LogP contribution in [0.1, 0.15) is 13.8 Å². The Labute approximate surface area is 151 Å². The SMILES string of the molecule is COc1nn(C)cc1NS(=O)(=O)c1ccc(NS(=O)(=O)C(C)C)c(F)c1. The Morgan fingerprint density at radius 2 is 1.81 bits per heavy atom. The fraction of sp³-hybridized carbons (Fsp3) is 0.357. The Balaban J connectivity index is 2.32. The van der Waals surface area contributed by atoms with Crippen LogP contribution in [0.5, 0.6) is 5.88 Å². The quantitative estimate of drug-likeness (QED) is 0.719. The molecule has 0 saturated carbocycles. The van der Waals surface area contributed by atoms with Crippen LogP contribution < -0.4 is 14.2 Å². The minimum absolute atomic E-state index is 0.0536. The summed E-state index contributed by atoms with van der Waals surface area (Å²) in [4.78, 5) is -0.381. The van der Waals surface area contributed by atoms with E-state index in [9.17, 15) is 21.2 Å². The molecule has 0 spiro atoms. The summed E-state index contributed by atoms with van der Waals surface area (Å²) >= 11 is 0. The highest BCUT2D eigenvalue weighted by Gasteiger charge is 2.22. The maximum atomic E-state index is 14.2. The van der Waals surface area contributed by atoms with Gasteiger partial charge < -0.3 is 4.74 Å². The van der Waals surface area contributed by atoms with Crippen molar-refractivity contribution >= 4 is 31.4 Å². The first-order valence-electron chi connectivity index (χ1n) is 7.38. The van der Waals surface area contributed by atoms with Gasteiger partial charge in [-0.1, -0.05) is 0 Å². The van der Waals surface area contributed by atoms with E-state index in [-0.39, 0.29) is 22.2 Å². The van der Waals surface area contributed by atoms with E-state index in [1.54, 1.807) is 7.05 Å². The average molecular weight is 406 g/mol. The number of aryl methyl sites for hydroxylation is 1. The molecule has 1 aromatic carbocycles. The Morgan fingerprint density at radius 3 is 2.35 bits per heavy atom. The lowest BCUT2D eigenvalue weighted by atomic mass is 10.3. The molecule has 2 N–H and O–H groups in total. The van der Waals surface area contributed by atoms with Crippen molar-refractivity contribution in [3.63, 3.8) is 0 Å². The summed E-state index contributed by atoms with van der Waals surface area (Å²) in [5, 5.41) is 3.14. The molecule has 0 aliphatic carbocycles. The fourth-order valence-corrected chi connectivity index (χ4v) is 3.67. The Hall–Kier alpha value is -2.34. The highest BCUT2D eigenvalue weighted by molar-refractivity contribution is 7.93. The number of sulfonamides is 2. The maximum absolute atomic E-state index is 14.2. The van der Waals surface area contributed by atoms with Gasteiger partial charge in [-0.25, -0.2) is 21.2 Å². The van der Waals surface area contributed by atoms with Gasteiger partial charge in [0.05, 0.1) is 29.1 Å². The summed E-state index contributed by atoms with van der Waals surface area (Å²) in [6, 6.07) is 2.86. The average Bonchev–Trinajstić information content (AvgIpc) is 2.87. The molecule has 0 bridgehead atoms. The number of anilines is 2. The van der Waals surface area contributed by atoms with Crippen LogP contribution in [0.2, 0.25) is 0 Å². The van der Waals surface area contributed by atoms with E-state index in [1.165, 1.54) is 31.8 Å². The van der Waals surface area contributed by atoms with Gasteiger partial charge in [-0.3, -0.25) is 14.1 Å². The molecule has 0 aliphatic heterocycles. The van der Waals surface area contributed by atoms with Gasteiger partial charge in [-0.05, 0) is 32.0 Å². The molecule has 1 heterocycles. The summed E-state index contributed by atoms with van der Waals surface area (Å²) in [6.45, 7) is 2.87. The zero-order chi connectivity index (χ0) is 19.7. The first kappa shape index (κ1) is 20.0. The molecule has 0 radical (unpaired) electrons. The number of aromatic nitrogens is 2. The first-order valence-corrected chi connectivity index (χ1v) is 10.4. The highest BCUT2D eigenvalue weighted by atomic mass is 32.2. The number of rotatable bonds is 7. The first-order chi connectivity index (χ1) is 12.0. The minimum atomic E-state index is -4.13. The number of nitrogens with one attached hydrogen (secondary N) is 2. The lowest BCUT2D eigenvalue weighted by Gasteiger charge is -2.13. The second-order valence-corrected chi connectivity index (χ2v) is 9.59. The lowest BCUT2D eigenvalue weighted by Crippen LogP contribution is -2.23. The van der Waals surface area contributed by atoms with Crippen molar-refractivity contribution in [2.24, 2.45) is 7.05 Å². The van der Waals surface area contributed by atoms with Gasteiger partial charge >= 0.3 is 0 Å². The second kappa shape index (κ2) is 7.11. The lowest BCUT2D eigenvalue weighted by molar-refractivity contribution is 0.393. The maximum Gasteiger partial charge on any atom is 0.262 e. The molecule has 2 aromatic rings. The van der Waals surface area contributed by atoms with Gasteiger partial charge in [-0.2, -0.15) is 0 Å². The van der Waals surface area contributed by atoms with Crippen molar-refractivity contribution in [2.75, 3.05) is 16.6 Å². The zero-order valence-corrected chi connectivity index (χ0v) is 16.1. The van der Waals surface area contributed by atoms with Gasteiger partial charge in [0.15, 0.2) is 0 Å². The van der Waals surface area contributed by atoms with E-state index < -0.39 is 31.1 Å². The summed E-state index contributed by atoms with van der Waals surface area (Å²) in [5.74, 6) is -0.965. The van der Waals surface area contributed by atoms with E-state index in [0.29, 0.717) is 0 Å². The number of halogens is 1. The van der Waals surface area contributed by atoms with Crippen LogP contribution in [-0.2, 0) is 27.1 Å². The van der Waals surface area contributed by atoms with Crippen molar-refractivity contribution < 1.29 is 26.0 Å². The van der Waals surface area contributed by atoms with E-state index >= 15 is 0 Å². The third kappa shape index (κ3) is 4.25. The standard InChI is InChI=1S/C14H19FN4O5S2/c1-9(2)25(20,21)17-12-6-5-10(7-11(12)15)26(22,23)18-13-8-19(3)16-14(13)24-4/h5-9,17-18H,1-4H3. The van der Waals surface area contributed by atoms with E-state index in [2.05, 4.69) is 14.5 Å². The molecule has 0 fully saturated rings. The van der Waals surface area contributed by atoms with Crippen molar-refractivity contribution in [2.45, 2.75) is 24.0 Å². The predicted octanol–water partition coefficient (Wildman–Crippen LogP) is 1.52. The monoisotopic (exact) mass is 406 g/mol. The third-order valence-corrected chi connectivity index (χ3v) is 6.47. The van der Waals surface area contributed by atoms with Crippen LogP contribution in [0.25, 0.3) is 0 Å². The predicted molar refractivity (Wildman–Crippen MR) is 94.6 cm³/mol. The molecule has 0 amide bonds. The molecule has 0 aliphatic rings. The van der Waals surface area contributed by atoms with Crippen LogP contribution >= 0.6 is 0 Å². The molecule has 0 unspecified atom stereocenters. The van der Waals surface area contributed by atoms with Gasteiger partial charge in [0, 0.05) is 7.05 Å². The highest BCUT2D eigenvalue weighted by Crippen LogP contribution is 2.26. The molecule has 9 nitrogen and oxygen atoms in total. The minimum Gasteiger partial charge on any atom is -0.478 e. The van der Waals surface area contributed by atoms with E-state index in [1.807, 2.05) is 0 Å². The molecule has 144 valence electrons. The zero-order valence-electron chi connectivity index (χ0n) is 14.5. The molecule has 26 heavy (non-hydrogen) atoms. The Morgan fingerprint density at radius 1 is 1.15 bits per heavy atom. The van der Waals surface area contributed by atoms with Crippen molar-refractivity contribution in [1.82, 2.24) is 9.78 Å². The number of methoxy groups -OCH3 is 1. The summed E-state index contributed by atoms with van der Waals surface area (Å²) in [5.41, 5.74) is -0.253. The molecular formula is C14H19FN4O5S2. The van der Waals surface area contributed by atoms with Crippen LogP contribution in [0.15, 0.2) is 29.3 Å². The van der Waals surface area contributed by atoms with Crippen molar-refractivity contribution in [3.05, 3.63) is 30.2 Å². The molecule has 2 rings (SSSR count). The normalized spacial score (nSPS) is 12.2. The van der Waals surface area contributed by atoms with Gasteiger partial charge in [0.25, 0.3) is 15.9 Å². The summed E-state index contributed by atoms with van der Waals surface area (Å²) < 4.78 is 73.3. The van der Waals surface area contributed by atoms with E-state index in [4.69, 9.17) is 4.74 Å². The number of hydrogen-bond donors (Lipinski definition) is 2. The largest absolute Gasteiger partial charge is 0.478 e. The molecule has 0 saturated heterocycles. The second-order valence-electron chi connectivity index (χ2n) is 5.67. The molecule has 1 aromatic heterocycles. The van der Waals surface area contributed by atoms with Gasteiger partial charge in [0.1, 0.15) is 11.5 Å². The van der Waals surface area contributed by atoms with Crippen LogP contribution in [-0.4, -0.2) is 39.0 Å². The summed E-state index contributed by atoms with van der Waals surface area (Å²) in [6.07, 6.45) is 1.39. The fourth-order valence-electron chi connectivity index (χ4n) is 1.91. The van der Waals surface area contributed by atoms with Gasteiger partial charge in [0.2, 0.25) is 10.0 Å². The molecule has 0 atom stereocenters. The topological polar surface area (TPSA) is 119 Å². The third-order valence-electron chi connectivity index (χ3n) is 3.36. The number of nitrogens with zero attached hydrogens (tertiary/aromatic N) is 2. The molecular weight excluding hydrogens is 387 g/mol. The number of ether oxygens (including phenoxy) is 1. The van der Waals surface area contributed by atoms with Crippen molar-refractivity contribution in [1.29, 1.82) is 0 Å². The van der Waals surface area contributed by atoms with Crippen LogP contribution in [0.4, 0.5) is 15.8 Å². The van der Waals surface area contributed by atoms with Gasteiger partial charge in [-0.15, -0.1) is 5.10 Å². The summed E-state index contributed by atoms with van der Waals surface area (Å²) in [7, 11) is -4.98. The molecule has 12 heteroatoms. The van der Waals surface area contributed by atoms with Crippen LogP contribution in [0.3, 0.4) is 0 Å². The van der Waals surface area contributed by atoms with Crippen molar-refractivity contribution in [3.8, 4) is 5.88 Å². The van der Waals surface area contributed by atoms with Crippen LogP contribution in [0, 0.1) is 5.82 Å². The van der Waals surface area contributed by atoms with E-state index in [0.717, 1.165) is 18.2 Å². The Kier molecular flexibility index (Phi) is 5.47. The smallest absolute Gasteiger partial charge is 0.262 e. The number of benzene rings is 1. The number of hydrogen-bond acceptors (Lipinski definition) is 6. The Bertz CT molecular complexity index is 1020.